The van der Waals surface area contributed by atoms with Gasteiger partial charge in [-0.2, -0.15) is 0 Å². The maximum Gasteiger partial charge on any atom is 0.228 e. The Hall–Kier alpha value is -2.94. The van der Waals surface area contributed by atoms with Crippen molar-refractivity contribution >= 4 is 28.5 Å². The summed E-state index contributed by atoms with van der Waals surface area (Å²) in [7, 11) is 0. The van der Waals surface area contributed by atoms with Crippen LogP contribution in [0.4, 0.5) is 5.69 Å². The smallest absolute Gasteiger partial charge is 0.228 e. The number of fused-ring (bicyclic) bond motifs is 2. The quantitative estimate of drug-likeness (QED) is 0.838. The molecular formula is C24H23NO2. The van der Waals surface area contributed by atoms with Gasteiger partial charge in [0.2, 0.25) is 5.91 Å². The highest BCUT2D eigenvalue weighted by Gasteiger charge is 2.18. The molecule has 3 nitrogen and oxygen atoms in total. The fourth-order valence-corrected chi connectivity index (χ4v) is 3.89. The number of anilines is 1. The molecule has 1 unspecified atom stereocenters. The Morgan fingerprint density at radius 2 is 1.93 bits per heavy atom. The molecule has 1 aliphatic heterocycles. The van der Waals surface area contributed by atoms with Gasteiger partial charge in [-0.05, 0) is 65.5 Å². The lowest BCUT2D eigenvalue weighted by Crippen LogP contribution is -2.32. The summed E-state index contributed by atoms with van der Waals surface area (Å²) in [6.45, 7) is 6.01. The van der Waals surface area contributed by atoms with E-state index < -0.39 is 0 Å². The number of benzene rings is 2. The van der Waals surface area contributed by atoms with Crippen molar-refractivity contribution in [3.63, 3.8) is 0 Å². The van der Waals surface area contributed by atoms with Crippen LogP contribution in [0.3, 0.4) is 0 Å². The van der Waals surface area contributed by atoms with Gasteiger partial charge in [-0.1, -0.05) is 48.9 Å². The third kappa shape index (κ3) is 3.14. The number of nitrogens with one attached hydrogen (secondary N) is 1. The Morgan fingerprint density at radius 3 is 2.70 bits per heavy atom. The summed E-state index contributed by atoms with van der Waals surface area (Å²) in [5, 5.41) is 5.21. The fourth-order valence-electron chi connectivity index (χ4n) is 3.89. The van der Waals surface area contributed by atoms with Crippen molar-refractivity contribution < 1.29 is 9.59 Å². The van der Waals surface area contributed by atoms with E-state index in [4.69, 9.17) is 0 Å². The van der Waals surface area contributed by atoms with E-state index in [9.17, 15) is 9.59 Å². The van der Waals surface area contributed by atoms with Crippen LogP contribution in [0.25, 0.3) is 11.1 Å². The van der Waals surface area contributed by atoms with Gasteiger partial charge in [-0.3, -0.25) is 9.59 Å². The first-order valence-corrected chi connectivity index (χ1v) is 9.40. The van der Waals surface area contributed by atoms with Gasteiger partial charge >= 0.3 is 0 Å². The van der Waals surface area contributed by atoms with Gasteiger partial charge < -0.3 is 5.32 Å². The van der Waals surface area contributed by atoms with Gasteiger partial charge in [-0.15, -0.1) is 0 Å². The number of amides is 1. The minimum absolute atomic E-state index is 0.0395. The van der Waals surface area contributed by atoms with Crippen molar-refractivity contribution in [2.75, 3.05) is 5.32 Å². The number of allylic oxidation sites excluding steroid dienone is 2. The largest absolute Gasteiger partial charge is 0.326 e. The molecule has 0 bridgehead atoms. The van der Waals surface area contributed by atoms with Crippen LogP contribution in [0.5, 0.6) is 0 Å². The fraction of sp³-hybridized carbons (Fsp3) is 0.250. The second kappa shape index (κ2) is 6.66. The second-order valence-corrected chi connectivity index (χ2v) is 7.55. The van der Waals surface area contributed by atoms with Crippen LogP contribution in [0.15, 0.2) is 48.6 Å². The Morgan fingerprint density at radius 1 is 1.11 bits per heavy atom. The normalized spacial score (nSPS) is 23.7. The Kier molecular flexibility index (Phi) is 4.31. The van der Waals surface area contributed by atoms with E-state index in [0.29, 0.717) is 12.3 Å². The zero-order valence-electron chi connectivity index (χ0n) is 15.9. The SMILES string of the molecule is CC(=O)c1ccc2/c(c1)=C(c1ccc3c(c1)NC(=O)C3)\C=C\CC(C)\C=2C. The third-order valence-electron chi connectivity index (χ3n) is 5.70. The van der Waals surface area contributed by atoms with Crippen molar-refractivity contribution in [1.29, 1.82) is 0 Å². The number of rotatable bonds is 2. The van der Waals surface area contributed by atoms with Gasteiger partial charge in [0, 0.05) is 11.3 Å². The molecule has 2 aliphatic rings. The molecule has 136 valence electrons. The van der Waals surface area contributed by atoms with E-state index in [1.54, 1.807) is 6.92 Å². The number of ketones is 1. The van der Waals surface area contributed by atoms with Crippen LogP contribution in [0.2, 0.25) is 0 Å². The maximum absolute atomic E-state index is 12.0. The molecule has 4 rings (SSSR count). The van der Waals surface area contributed by atoms with Crippen molar-refractivity contribution in [3.8, 4) is 0 Å². The molecule has 1 atom stereocenters. The second-order valence-electron chi connectivity index (χ2n) is 7.55. The monoisotopic (exact) mass is 357 g/mol. The van der Waals surface area contributed by atoms with Crippen molar-refractivity contribution in [2.45, 2.75) is 33.6 Å². The highest BCUT2D eigenvalue weighted by atomic mass is 16.1. The van der Waals surface area contributed by atoms with Crippen LogP contribution in [0.1, 0.15) is 48.7 Å². The van der Waals surface area contributed by atoms with E-state index in [1.165, 1.54) is 10.8 Å². The molecule has 0 fully saturated rings. The highest BCUT2D eigenvalue weighted by Crippen LogP contribution is 2.27. The molecule has 0 saturated carbocycles. The molecule has 1 aliphatic carbocycles. The predicted molar refractivity (Wildman–Crippen MR) is 109 cm³/mol. The van der Waals surface area contributed by atoms with Gasteiger partial charge in [0.1, 0.15) is 0 Å². The van der Waals surface area contributed by atoms with Crippen LogP contribution in [0, 0.1) is 5.92 Å². The van der Waals surface area contributed by atoms with E-state index in [-0.39, 0.29) is 11.7 Å². The van der Waals surface area contributed by atoms with Gasteiger partial charge in [0.15, 0.2) is 5.78 Å². The van der Waals surface area contributed by atoms with Crippen LogP contribution in [-0.2, 0) is 11.2 Å². The highest BCUT2D eigenvalue weighted by molar-refractivity contribution is 6.00. The van der Waals surface area contributed by atoms with Crippen LogP contribution in [-0.4, -0.2) is 11.7 Å². The molecule has 1 amide bonds. The zero-order chi connectivity index (χ0) is 19.1. The molecule has 0 aromatic heterocycles. The molecule has 2 aromatic carbocycles. The Bertz CT molecular complexity index is 1120. The van der Waals surface area contributed by atoms with E-state index >= 15 is 0 Å². The molecule has 1 N–H and O–H groups in total. The summed E-state index contributed by atoms with van der Waals surface area (Å²) < 4.78 is 0. The molecule has 2 aromatic rings. The topological polar surface area (TPSA) is 46.2 Å². The first kappa shape index (κ1) is 17.5. The summed E-state index contributed by atoms with van der Waals surface area (Å²) in [6, 6.07) is 12.1. The van der Waals surface area contributed by atoms with Crippen molar-refractivity contribution in [3.05, 3.63) is 75.7 Å². The van der Waals surface area contributed by atoms with Crippen molar-refractivity contribution in [1.82, 2.24) is 0 Å². The lowest BCUT2D eigenvalue weighted by atomic mass is 9.89. The average Bonchev–Trinajstić information content (AvgIpc) is 3.02. The number of hydrogen-bond acceptors (Lipinski definition) is 2. The van der Waals surface area contributed by atoms with E-state index in [1.807, 2.05) is 24.3 Å². The Labute approximate surface area is 159 Å². The molecule has 0 radical (unpaired) electrons. The first-order chi connectivity index (χ1) is 12.9. The molecular weight excluding hydrogens is 334 g/mol. The summed E-state index contributed by atoms with van der Waals surface area (Å²) >= 11 is 0. The number of carbonyl (C=O) groups is 2. The van der Waals surface area contributed by atoms with Gasteiger partial charge in [0.25, 0.3) is 0 Å². The van der Waals surface area contributed by atoms with Gasteiger partial charge in [0.05, 0.1) is 6.42 Å². The maximum atomic E-state index is 12.0. The lowest BCUT2D eigenvalue weighted by Gasteiger charge is -2.15. The van der Waals surface area contributed by atoms with Crippen LogP contribution >= 0.6 is 0 Å². The minimum Gasteiger partial charge on any atom is -0.326 e. The summed E-state index contributed by atoms with van der Waals surface area (Å²) in [6.07, 6.45) is 5.78. The molecule has 3 heteroatoms. The number of Topliss-reactive ketones (excluding diaryl/α,β-unsaturated/α-hetero) is 1. The van der Waals surface area contributed by atoms with Gasteiger partial charge in [-0.25, -0.2) is 0 Å². The summed E-state index contributed by atoms with van der Waals surface area (Å²) in [5.74, 6) is 0.553. The first-order valence-electron chi connectivity index (χ1n) is 9.40. The Balaban J connectivity index is 2.06. The number of hydrogen-bond donors (Lipinski definition) is 1. The van der Waals surface area contributed by atoms with Crippen LogP contribution < -0.4 is 15.8 Å². The molecule has 27 heavy (non-hydrogen) atoms. The lowest BCUT2D eigenvalue weighted by molar-refractivity contribution is -0.115. The standard InChI is InChI=1S/C24H23NO2/c1-14-5-4-6-21(18-7-8-19-13-24(27)25-23(19)12-18)22-11-17(16(3)26)9-10-20(22)15(14)2/h4,6-12,14H,5,13H2,1-3H3,(H,25,27)/b6-4+,20-15-,22-21+. The zero-order valence-corrected chi connectivity index (χ0v) is 15.9. The summed E-state index contributed by atoms with van der Waals surface area (Å²) in [5.41, 5.74) is 6.11. The predicted octanol–water partition coefficient (Wildman–Crippen LogP) is 3.35. The molecule has 0 spiro atoms. The molecule has 1 heterocycles. The number of carbonyl (C=O) groups excluding carboxylic acids is 2. The van der Waals surface area contributed by atoms with Crippen molar-refractivity contribution in [2.24, 2.45) is 5.92 Å². The third-order valence-corrected chi connectivity index (χ3v) is 5.70. The molecule has 0 saturated heterocycles. The van der Waals surface area contributed by atoms with E-state index in [0.717, 1.165) is 39.6 Å². The summed E-state index contributed by atoms with van der Waals surface area (Å²) in [4.78, 5) is 23.7. The van der Waals surface area contributed by atoms with E-state index in [2.05, 4.69) is 43.4 Å². The minimum atomic E-state index is 0.0395. The average molecular weight is 357 g/mol.